The lowest BCUT2D eigenvalue weighted by atomic mass is 10.0. The maximum atomic E-state index is 10.1. The van der Waals surface area contributed by atoms with Gasteiger partial charge in [-0.05, 0) is 6.07 Å². The number of hydrogen-bond acceptors (Lipinski definition) is 3. The number of nitrogens with zero attached hydrogens (tertiary/aromatic N) is 1. The lowest BCUT2D eigenvalue weighted by Gasteiger charge is -2.33. The summed E-state index contributed by atoms with van der Waals surface area (Å²) in [5.74, 6) is 0.0487. The Bertz CT molecular complexity index is 450. The van der Waals surface area contributed by atoms with Crippen LogP contribution >= 0.6 is 48.0 Å². The number of benzene rings is 1. The number of rotatable bonds is 3. The number of nitrogens with one attached hydrogen (secondary N) is 1. The lowest BCUT2D eigenvalue weighted by Crippen LogP contribution is -2.44. The zero-order chi connectivity index (χ0) is 13.1. The second kappa shape index (κ2) is 8.98. The van der Waals surface area contributed by atoms with Gasteiger partial charge in [0.1, 0.15) is 10.8 Å². The summed E-state index contributed by atoms with van der Waals surface area (Å²) in [6.45, 7) is 7.56. The predicted octanol–water partition coefficient (Wildman–Crippen LogP) is 3.67. The molecule has 1 saturated heterocycles. The Morgan fingerprint density at radius 3 is 2.40 bits per heavy atom. The van der Waals surface area contributed by atoms with Crippen LogP contribution in [0.2, 0.25) is 10.0 Å². The highest BCUT2D eigenvalue weighted by atomic mass is 35.5. The van der Waals surface area contributed by atoms with Gasteiger partial charge in [0.05, 0.1) is 11.1 Å². The van der Waals surface area contributed by atoms with E-state index in [-0.39, 0.29) is 41.6 Å². The summed E-state index contributed by atoms with van der Waals surface area (Å²) in [4.78, 5) is 2.25. The normalized spacial score (nSPS) is 16.7. The minimum absolute atomic E-state index is 0. The van der Waals surface area contributed by atoms with Crippen molar-refractivity contribution in [2.24, 2.45) is 0 Å². The van der Waals surface area contributed by atoms with Gasteiger partial charge in [-0.15, -0.1) is 31.4 Å². The fraction of sp³-hybridized carbons (Fsp3) is 0.385. The van der Waals surface area contributed by atoms with Crippen LogP contribution in [0.3, 0.4) is 0 Å². The average Bonchev–Trinajstić information content (AvgIpc) is 2.41. The summed E-state index contributed by atoms with van der Waals surface area (Å²) in [6, 6.07) is 3.47. The van der Waals surface area contributed by atoms with Gasteiger partial charge in [0.15, 0.2) is 0 Å². The summed E-state index contributed by atoms with van der Waals surface area (Å²) in [5, 5.41) is 14.0. The van der Waals surface area contributed by atoms with Crippen LogP contribution in [0.4, 0.5) is 0 Å². The Morgan fingerprint density at radius 2 is 1.85 bits per heavy atom. The minimum Gasteiger partial charge on any atom is -0.506 e. The van der Waals surface area contributed by atoms with Crippen molar-refractivity contribution in [1.29, 1.82) is 0 Å². The monoisotopic (exact) mass is 358 g/mol. The van der Waals surface area contributed by atoms with E-state index in [9.17, 15) is 5.11 Å². The van der Waals surface area contributed by atoms with Gasteiger partial charge in [0, 0.05) is 31.7 Å². The Labute approximate surface area is 141 Å². The fourth-order valence-electron chi connectivity index (χ4n) is 2.23. The first-order valence-electron chi connectivity index (χ1n) is 5.89. The van der Waals surface area contributed by atoms with Gasteiger partial charge >= 0.3 is 0 Å². The number of hydrogen-bond donors (Lipinski definition) is 2. The highest BCUT2D eigenvalue weighted by Crippen LogP contribution is 2.39. The summed E-state index contributed by atoms with van der Waals surface area (Å²) < 4.78 is 0. The van der Waals surface area contributed by atoms with Crippen molar-refractivity contribution >= 4 is 48.0 Å². The molecular formula is C13H18Cl4N2O. The molecule has 0 spiro atoms. The molecule has 1 aliphatic rings. The van der Waals surface area contributed by atoms with Crippen LogP contribution in [0.5, 0.6) is 5.75 Å². The molecule has 20 heavy (non-hydrogen) atoms. The van der Waals surface area contributed by atoms with Crippen LogP contribution in [0, 0.1) is 0 Å². The van der Waals surface area contributed by atoms with Crippen molar-refractivity contribution in [2.75, 3.05) is 26.2 Å². The Morgan fingerprint density at radius 1 is 1.25 bits per heavy atom. The molecule has 1 atom stereocenters. The van der Waals surface area contributed by atoms with Crippen LogP contribution in [-0.2, 0) is 0 Å². The summed E-state index contributed by atoms with van der Waals surface area (Å²) in [7, 11) is 0. The van der Waals surface area contributed by atoms with E-state index in [0.717, 1.165) is 31.7 Å². The van der Waals surface area contributed by atoms with Crippen molar-refractivity contribution in [3.8, 4) is 5.75 Å². The third-order valence-corrected chi connectivity index (χ3v) is 3.98. The Balaban J connectivity index is 0.00000180. The summed E-state index contributed by atoms with van der Waals surface area (Å²) >= 11 is 11.9. The highest BCUT2D eigenvalue weighted by molar-refractivity contribution is 6.43. The maximum Gasteiger partial charge on any atom is 0.140 e. The first-order valence-corrected chi connectivity index (χ1v) is 6.65. The van der Waals surface area contributed by atoms with E-state index < -0.39 is 0 Å². The standard InChI is InChI=1S/C13H16Cl2N2O.2ClH/c1-2-11(17-7-5-16-6-8-17)9-3-4-10(14)12(15)13(9)18;;/h2-4,11,16,18H,1,5-8H2;2*1H/t11-;;/m0../s1. The fourth-order valence-corrected chi connectivity index (χ4v) is 2.55. The third-order valence-electron chi connectivity index (χ3n) is 3.19. The third kappa shape index (κ3) is 4.17. The number of aromatic hydroxyl groups is 1. The molecule has 0 aliphatic carbocycles. The van der Waals surface area contributed by atoms with Crippen molar-refractivity contribution in [3.63, 3.8) is 0 Å². The van der Waals surface area contributed by atoms with E-state index in [1.54, 1.807) is 12.1 Å². The van der Waals surface area contributed by atoms with Gasteiger partial charge < -0.3 is 10.4 Å². The molecule has 2 N–H and O–H groups in total. The lowest BCUT2D eigenvalue weighted by molar-refractivity contribution is 0.201. The van der Waals surface area contributed by atoms with E-state index >= 15 is 0 Å². The van der Waals surface area contributed by atoms with Crippen molar-refractivity contribution in [1.82, 2.24) is 10.2 Å². The topological polar surface area (TPSA) is 35.5 Å². The number of phenols is 1. The minimum atomic E-state index is -0.0399. The molecular weight excluding hydrogens is 342 g/mol. The molecule has 1 aromatic carbocycles. The predicted molar refractivity (Wildman–Crippen MR) is 90.0 cm³/mol. The maximum absolute atomic E-state index is 10.1. The summed E-state index contributed by atoms with van der Waals surface area (Å²) in [5.41, 5.74) is 0.751. The number of phenolic OH excluding ortho intramolecular Hbond substituents is 1. The van der Waals surface area contributed by atoms with Crippen molar-refractivity contribution in [2.45, 2.75) is 6.04 Å². The SMILES string of the molecule is C=C[C@@H](c1ccc(Cl)c(Cl)c1O)N1CCNCC1.Cl.Cl. The molecule has 1 heterocycles. The Hall–Kier alpha value is -0.160. The zero-order valence-corrected chi connectivity index (χ0v) is 14.0. The molecule has 0 radical (unpaired) electrons. The molecule has 3 nitrogen and oxygen atoms in total. The first-order chi connectivity index (χ1) is 8.65. The van der Waals surface area contributed by atoms with Crippen LogP contribution in [0.15, 0.2) is 24.8 Å². The molecule has 7 heteroatoms. The molecule has 0 amide bonds. The van der Waals surface area contributed by atoms with Gasteiger partial charge in [0.2, 0.25) is 0 Å². The van der Waals surface area contributed by atoms with E-state index in [1.165, 1.54) is 0 Å². The number of halogens is 4. The molecule has 0 bridgehead atoms. The van der Waals surface area contributed by atoms with E-state index in [4.69, 9.17) is 23.2 Å². The quantitative estimate of drug-likeness (QED) is 0.808. The summed E-state index contributed by atoms with van der Waals surface area (Å²) in [6.07, 6.45) is 1.82. The van der Waals surface area contributed by atoms with Gasteiger partial charge in [-0.3, -0.25) is 4.90 Å². The molecule has 114 valence electrons. The van der Waals surface area contributed by atoms with Crippen LogP contribution in [0.1, 0.15) is 11.6 Å². The van der Waals surface area contributed by atoms with Crippen LogP contribution in [0.25, 0.3) is 0 Å². The molecule has 2 rings (SSSR count). The highest BCUT2D eigenvalue weighted by Gasteiger charge is 2.23. The Kier molecular flexibility index (Phi) is 8.91. The van der Waals surface area contributed by atoms with Gasteiger partial charge in [-0.1, -0.05) is 35.3 Å². The smallest absolute Gasteiger partial charge is 0.140 e. The van der Waals surface area contributed by atoms with Crippen molar-refractivity contribution < 1.29 is 5.11 Å². The van der Waals surface area contributed by atoms with Gasteiger partial charge in [0.25, 0.3) is 0 Å². The number of piperazine rings is 1. The van der Waals surface area contributed by atoms with Crippen LogP contribution in [-0.4, -0.2) is 36.2 Å². The molecule has 1 aromatic rings. The van der Waals surface area contributed by atoms with Gasteiger partial charge in [-0.2, -0.15) is 0 Å². The van der Waals surface area contributed by atoms with E-state index in [0.29, 0.717) is 5.02 Å². The van der Waals surface area contributed by atoms with Gasteiger partial charge in [-0.25, -0.2) is 0 Å². The molecule has 0 aromatic heterocycles. The van der Waals surface area contributed by atoms with Crippen LogP contribution < -0.4 is 5.32 Å². The average molecular weight is 360 g/mol. The molecule has 1 aliphatic heterocycles. The second-order valence-corrected chi connectivity index (χ2v) is 5.05. The molecule has 0 unspecified atom stereocenters. The molecule has 1 fully saturated rings. The zero-order valence-electron chi connectivity index (χ0n) is 10.8. The second-order valence-electron chi connectivity index (χ2n) is 4.27. The molecule has 0 saturated carbocycles. The first kappa shape index (κ1) is 19.8. The van der Waals surface area contributed by atoms with E-state index in [1.807, 2.05) is 6.08 Å². The van der Waals surface area contributed by atoms with E-state index in [2.05, 4.69) is 16.8 Å². The van der Waals surface area contributed by atoms with Crippen molar-refractivity contribution in [3.05, 3.63) is 40.4 Å². The largest absolute Gasteiger partial charge is 0.506 e.